The largest absolute Gasteiger partial charge is 0.343 e. The van der Waals surface area contributed by atoms with Gasteiger partial charge in [0.25, 0.3) is 0 Å². The zero-order valence-electron chi connectivity index (χ0n) is 19.0. The fourth-order valence-corrected chi connectivity index (χ4v) is 5.60. The van der Waals surface area contributed by atoms with Crippen LogP contribution in [0.4, 0.5) is 0 Å². The molecule has 0 aromatic heterocycles. The molecule has 0 saturated carbocycles. The first kappa shape index (κ1) is 26.3. The van der Waals surface area contributed by atoms with Gasteiger partial charge in [0.2, 0.25) is 29.5 Å². The molecule has 0 unspecified atom stereocenters. The van der Waals surface area contributed by atoms with Gasteiger partial charge >= 0.3 is 0 Å². The fourth-order valence-electron chi connectivity index (χ4n) is 3.27. The molecule has 5 N–H and O–H groups in total. The maximum atomic E-state index is 13.0. The van der Waals surface area contributed by atoms with E-state index in [1.54, 1.807) is 13.8 Å². The van der Waals surface area contributed by atoms with Gasteiger partial charge in [-0.3, -0.25) is 24.0 Å². The smallest absolute Gasteiger partial charge is 0.244 e. The van der Waals surface area contributed by atoms with Crippen LogP contribution in [0.2, 0.25) is 0 Å². The second-order valence-electron chi connectivity index (χ2n) is 8.52. The van der Waals surface area contributed by atoms with E-state index in [0.29, 0.717) is 17.9 Å². The van der Waals surface area contributed by atoms with E-state index in [4.69, 9.17) is 0 Å². The van der Waals surface area contributed by atoms with E-state index in [0.717, 1.165) is 0 Å². The van der Waals surface area contributed by atoms with Crippen LogP contribution in [0.1, 0.15) is 41.0 Å². The molecule has 10 nitrogen and oxygen atoms in total. The van der Waals surface area contributed by atoms with E-state index in [2.05, 4.69) is 26.6 Å². The second-order valence-corrected chi connectivity index (χ2v) is 11.1. The molecule has 2 rings (SSSR count). The van der Waals surface area contributed by atoms with Crippen molar-refractivity contribution in [3.8, 4) is 0 Å². The van der Waals surface area contributed by atoms with Crippen LogP contribution in [0, 0.1) is 11.8 Å². The summed E-state index contributed by atoms with van der Waals surface area (Å²) in [4.78, 5) is 64.3. The normalized spacial score (nSPS) is 31.7. The van der Waals surface area contributed by atoms with Gasteiger partial charge in [0, 0.05) is 11.5 Å². The fraction of sp³-hybridized carbons (Fsp3) is 0.750. The maximum Gasteiger partial charge on any atom is 0.244 e. The minimum atomic E-state index is -0.918. The number of nitrogens with one attached hydrogen (secondary N) is 5. The Bertz CT molecular complexity index is 750. The molecule has 2 fully saturated rings. The van der Waals surface area contributed by atoms with Gasteiger partial charge in [0.15, 0.2) is 0 Å². The minimum Gasteiger partial charge on any atom is -0.343 e. The molecule has 2 aliphatic rings. The Morgan fingerprint density at radius 3 is 1.72 bits per heavy atom. The maximum absolute atomic E-state index is 13.0. The zero-order chi connectivity index (χ0) is 24.0. The van der Waals surface area contributed by atoms with Crippen molar-refractivity contribution in [1.29, 1.82) is 0 Å². The number of hydrogen-bond donors (Lipinski definition) is 5. The third-order valence-electron chi connectivity index (χ3n) is 5.61. The van der Waals surface area contributed by atoms with Crippen molar-refractivity contribution in [1.82, 2.24) is 26.6 Å². The highest BCUT2D eigenvalue weighted by atomic mass is 33.1. The van der Waals surface area contributed by atoms with Crippen molar-refractivity contribution in [3.05, 3.63) is 0 Å². The van der Waals surface area contributed by atoms with Crippen LogP contribution >= 0.6 is 21.6 Å². The van der Waals surface area contributed by atoms with Crippen LogP contribution in [0.15, 0.2) is 0 Å². The molecule has 0 radical (unpaired) electrons. The lowest BCUT2D eigenvalue weighted by Crippen LogP contribution is -2.60. The summed E-state index contributed by atoms with van der Waals surface area (Å²) in [6.07, 6.45) is 0.622. The van der Waals surface area contributed by atoms with Crippen LogP contribution in [-0.4, -0.2) is 71.3 Å². The molecule has 2 aliphatic heterocycles. The molecule has 0 spiro atoms. The van der Waals surface area contributed by atoms with Crippen molar-refractivity contribution in [2.45, 2.75) is 71.2 Å². The van der Waals surface area contributed by atoms with Crippen LogP contribution in [0.25, 0.3) is 0 Å². The Morgan fingerprint density at radius 1 is 0.719 bits per heavy atom. The van der Waals surface area contributed by atoms with Crippen molar-refractivity contribution >= 4 is 51.1 Å². The summed E-state index contributed by atoms with van der Waals surface area (Å²) in [7, 11) is 2.79. The molecule has 2 heterocycles. The highest BCUT2D eigenvalue weighted by Gasteiger charge is 2.36. The average Bonchev–Trinajstić information content (AvgIpc) is 2.73. The van der Waals surface area contributed by atoms with Crippen LogP contribution in [0.3, 0.4) is 0 Å². The van der Waals surface area contributed by atoms with E-state index >= 15 is 0 Å². The highest BCUT2D eigenvalue weighted by Crippen LogP contribution is 2.25. The van der Waals surface area contributed by atoms with Crippen molar-refractivity contribution in [3.63, 3.8) is 0 Å². The van der Waals surface area contributed by atoms with E-state index < -0.39 is 59.7 Å². The number of carbonyl (C=O) groups excluding carboxylic acids is 5. The van der Waals surface area contributed by atoms with Crippen molar-refractivity contribution in [2.24, 2.45) is 11.8 Å². The topological polar surface area (TPSA) is 146 Å². The molecule has 5 amide bonds. The third-order valence-corrected chi connectivity index (χ3v) is 8.03. The van der Waals surface area contributed by atoms with Gasteiger partial charge < -0.3 is 26.6 Å². The van der Waals surface area contributed by atoms with Crippen LogP contribution in [0.5, 0.6) is 0 Å². The average molecular weight is 488 g/mol. The number of fused-ring (bicyclic) bond motifs is 3. The van der Waals surface area contributed by atoms with E-state index in [9.17, 15) is 24.0 Å². The molecular weight excluding hydrogens is 454 g/mol. The third kappa shape index (κ3) is 6.77. The van der Waals surface area contributed by atoms with Crippen LogP contribution in [-0.2, 0) is 24.0 Å². The van der Waals surface area contributed by atoms with E-state index in [1.165, 1.54) is 28.5 Å². The molecule has 180 valence electrons. The predicted octanol–water partition coefficient (Wildman–Crippen LogP) is -0.459. The Labute approximate surface area is 196 Å². The Balaban J connectivity index is 2.41. The van der Waals surface area contributed by atoms with Crippen molar-refractivity contribution in [2.75, 3.05) is 11.5 Å². The summed E-state index contributed by atoms with van der Waals surface area (Å²) in [5, 5.41) is 13.5. The van der Waals surface area contributed by atoms with Gasteiger partial charge in [-0.1, -0.05) is 55.7 Å². The Hall–Kier alpha value is -1.95. The SMILES string of the molecule is CC[C@H](C)[C@@H]1NC(=O)[C@@H](C)NC(=O)[C@H](C(C)C)NC(=O)[C@H]2CSSC[C@@H](NC1=O)C(=O)N2. The highest BCUT2D eigenvalue weighted by molar-refractivity contribution is 8.76. The molecule has 0 aromatic rings. The number of amides is 5. The summed E-state index contributed by atoms with van der Waals surface area (Å²) in [5.74, 6) is -2.28. The Kier molecular flexibility index (Phi) is 9.68. The molecule has 2 bridgehead atoms. The molecule has 0 aromatic carbocycles. The first-order valence-electron chi connectivity index (χ1n) is 10.8. The molecular formula is C20H33N5O5S2. The predicted molar refractivity (Wildman–Crippen MR) is 125 cm³/mol. The van der Waals surface area contributed by atoms with Gasteiger partial charge in [-0.25, -0.2) is 0 Å². The standard InChI is InChI=1S/C20H33N5O5S2/c1-6-10(4)15-20(30)23-12-7-31-32-8-13(22-17(12)27)18(28)24-14(9(2)3)19(29)21-11(5)16(26)25-15/h9-15H,6-8H2,1-5H3,(H,21,29)(H,22,27)(H,23,30)(H,24,28)(H,25,26)/t10-,11+,12+,13+,14-,15-/m0/s1. The summed E-state index contributed by atoms with van der Waals surface area (Å²) in [5.41, 5.74) is 0. The van der Waals surface area contributed by atoms with E-state index in [-0.39, 0.29) is 11.8 Å². The summed E-state index contributed by atoms with van der Waals surface area (Å²) >= 11 is 0. The first-order chi connectivity index (χ1) is 15.0. The number of rotatable bonds is 3. The lowest BCUT2D eigenvalue weighted by molar-refractivity contribution is -0.134. The molecule has 12 heteroatoms. The second kappa shape index (κ2) is 11.8. The Morgan fingerprint density at radius 2 is 1.19 bits per heavy atom. The number of carbonyl (C=O) groups is 5. The summed E-state index contributed by atoms with van der Waals surface area (Å²) in [6, 6.07) is -4.39. The van der Waals surface area contributed by atoms with Gasteiger partial charge in [-0.15, -0.1) is 0 Å². The molecule has 32 heavy (non-hydrogen) atoms. The molecule has 6 atom stereocenters. The zero-order valence-corrected chi connectivity index (χ0v) is 20.7. The number of hydrogen-bond acceptors (Lipinski definition) is 7. The van der Waals surface area contributed by atoms with Gasteiger partial charge in [0.05, 0.1) is 0 Å². The van der Waals surface area contributed by atoms with E-state index in [1.807, 2.05) is 13.8 Å². The van der Waals surface area contributed by atoms with Gasteiger partial charge in [-0.05, 0) is 18.8 Å². The van der Waals surface area contributed by atoms with Crippen LogP contribution < -0.4 is 26.6 Å². The van der Waals surface area contributed by atoms with Crippen molar-refractivity contribution < 1.29 is 24.0 Å². The lowest BCUT2D eigenvalue weighted by atomic mass is 9.97. The minimum absolute atomic E-state index is 0.199. The quantitative estimate of drug-likeness (QED) is 0.339. The monoisotopic (exact) mass is 487 g/mol. The molecule has 2 saturated heterocycles. The summed E-state index contributed by atoms with van der Waals surface area (Å²) < 4.78 is 0. The van der Waals surface area contributed by atoms with Gasteiger partial charge in [-0.2, -0.15) is 0 Å². The molecule has 0 aliphatic carbocycles. The lowest BCUT2D eigenvalue weighted by Gasteiger charge is -2.29. The van der Waals surface area contributed by atoms with Gasteiger partial charge in [0.1, 0.15) is 30.2 Å². The first-order valence-corrected chi connectivity index (χ1v) is 13.3. The summed E-state index contributed by atoms with van der Waals surface area (Å²) in [6.45, 7) is 8.81.